The van der Waals surface area contributed by atoms with E-state index in [4.69, 9.17) is 26.3 Å². The number of benzene rings is 2. The van der Waals surface area contributed by atoms with Crippen LogP contribution in [-0.4, -0.2) is 29.2 Å². The molecule has 1 unspecified atom stereocenters. The minimum Gasteiger partial charge on any atom is -0.376 e. The van der Waals surface area contributed by atoms with E-state index in [9.17, 15) is 0 Å². The summed E-state index contributed by atoms with van der Waals surface area (Å²) in [5.74, 6) is 2.18. The SMILES string of the molecule is Cc1cc(Cl)ccc1Nc1cc(NCC2CCCO2)nc(-c2ccccc2)n1. The van der Waals surface area contributed by atoms with Crippen molar-refractivity contribution in [2.45, 2.75) is 25.9 Å². The first-order valence-corrected chi connectivity index (χ1v) is 9.88. The van der Waals surface area contributed by atoms with E-state index in [1.54, 1.807) is 0 Å². The number of hydrogen-bond donors (Lipinski definition) is 2. The van der Waals surface area contributed by atoms with Crippen LogP contribution >= 0.6 is 11.6 Å². The lowest BCUT2D eigenvalue weighted by atomic mass is 10.2. The summed E-state index contributed by atoms with van der Waals surface area (Å²) in [7, 11) is 0. The van der Waals surface area contributed by atoms with E-state index in [1.807, 2.05) is 61.5 Å². The molecule has 1 aliphatic rings. The second-order valence-electron chi connectivity index (χ2n) is 6.93. The van der Waals surface area contributed by atoms with Crippen molar-refractivity contribution in [3.63, 3.8) is 0 Å². The minimum atomic E-state index is 0.241. The fraction of sp³-hybridized carbons (Fsp3) is 0.273. The molecule has 6 heteroatoms. The molecule has 5 nitrogen and oxygen atoms in total. The van der Waals surface area contributed by atoms with Gasteiger partial charge in [-0.15, -0.1) is 0 Å². The van der Waals surface area contributed by atoms with Crippen LogP contribution < -0.4 is 10.6 Å². The van der Waals surface area contributed by atoms with Crippen molar-refractivity contribution in [2.24, 2.45) is 0 Å². The third-order valence-electron chi connectivity index (χ3n) is 4.74. The molecule has 2 N–H and O–H groups in total. The van der Waals surface area contributed by atoms with Gasteiger partial charge in [0.05, 0.1) is 6.10 Å². The van der Waals surface area contributed by atoms with Crippen LogP contribution in [0.25, 0.3) is 11.4 Å². The van der Waals surface area contributed by atoms with Crippen molar-refractivity contribution >= 4 is 28.9 Å². The lowest BCUT2D eigenvalue weighted by Crippen LogP contribution is -2.19. The molecule has 0 saturated carbocycles. The van der Waals surface area contributed by atoms with Crippen LogP contribution in [0.15, 0.2) is 54.6 Å². The number of nitrogens with zero attached hydrogens (tertiary/aromatic N) is 2. The van der Waals surface area contributed by atoms with Gasteiger partial charge in [0, 0.05) is 35.5 Å². The van der Waals surface area contributed by atoms with Crippen molar-refractivity contribution < 1.29 is 4.74 Å². The van der Waals surface area contributed by atoms with Gasteiger partial charge in [0.15, 0.2) is 5.82 Å². The third kappa shape index (κ3) is 4.61. The van der Waals surface area contributed by atoms with Crippen LogP contribution in [0.3, 0.4) is 0 Å². The highest BCUT2D eigenvalue weighted by Gasteiger charge is 2.16. The minimum absolute atomic E-state index is 0.241. The van der Waals surface area contributed by atoms with Gasteiger partial charge < -0.3 is 15.4 Å². The van der Waals surface area contributed by atoms with Crippen molar-refractivity contribution in [1.82, 2.24) is 9.97 Å². The molecule has 2 heterocycles. The summed E-state index contributed by atoms with van der Waals surface area (Å²) in [5, 5.41) is 7.52. The number of aromatic nitrogens is 2. The molecule has 0 amide bonds. The van der Waals surface area contributed by atoms with Crippen LogP contribution in [0.2, 0.25) is 5.02 Å². The van der Waals surface area contributed by atoms with Gasteiger partial charge in [-0.25, -0.2) is 9.97 Å². The van der Waals surface area contributed by atoms with Crippen molar-refractivity contribution in [2.75, 3.05) is 23.8 Å². The molecule has 1 atom stereocenters. The molecule has 0 aliphatic carbocycles. The summed E-state index contributed by atoms with van der Waals surface area (Å²) in [4.78, 5) is 9.42. The molecule has 1 aliphatic heterocycles. The number of aryl methyl sites for hydroxylation is 1. The quantitative estimate of drug-likeness (QED) is 0.583. The average Bonchev–Trinajstić information content (AvgIpc) is 3.23. The van der Waals surface area contributed by atoms with Crippen LogP contribution in [0.4, 0.5) is 17.3 Å². The highest BCUT2D eigenvalue weighted by Crippen LogP contribution is 2.26. The van der Waals surface area contributed by atoms with Gasteiger partial charge in [0.2, 0.25) is 0 Å². The van der Waals surface area contributed by atoms with E-state index in [1.165, 1.54) is 0 Å². The molecule has 2 aromatic carbocycles. The predicted octanol–water partition coefficient (Wildman–Crippen LogP) is 5.44. The predicted molar refractivity (Wildman–Crippen MR) is 114 cm³/mol. The smallest absolute Gasteiger partial charge is 0.163 e. The Hall–Kier alpha value is -2.63. The number of nitrogens with one attached hydrogen (secondary N) is 2. The molecular formula is C22H23ClN4O. The summed E-state index contributed by atoms with van der Waals surface area (Å²) >= 11 is 6.08. The number of ether oxygens (including phenoxy) is 1. The van der Waals surface area contributed by atoms with Gasteiger partial charge in [0.1, 0.15) is 11.6 Å². The number of anilines is 3. The Morgan fingerprint density at radius 1 is 1.07 bits per heavy atom. The molecule has 1 saturated heterocycles. The van der Waals surface area contributed by atoms with E-state index in [0.29, 0.717) is 5.82 Å². The van der Waals surface area contributed by atoms with Gasteiger partial charge >= 0.3 is 0 Å². The zero-order chi connectivity index (χ0) is 19.3. The van der Waals surface area contributed by atoms with Gasteiger partial charge in [-0.1, -0.05) is 41.9 Å². The Morgan fingerprint density at radius 3 is 2.64 bits per heavy atom. The second-order valence-corrected chi connectivity index (χ2v) is 7.36. The van der Waals surface area contributed by atoms with Gasteiger partial charge in [-0.2, -0.15) is 0 Å². The zero-order valence-corrected chi connectivity index (χ0v) is 16.5. The maximum absolute atomic E-state index is 6.08. The molecule has 1 fully saturated rings. The highest BCUT2D eigenvalue weighted by atomic mass is 35.5. The summed E-state index contributed by atoms with van der Waals surface area (Å²) in [6.45, 7) is 3.60. The molecular weight excluding hydrogens is 372 g/mol. The summed E-state index contributed by atoms with van der Waals surface area (Å²) in [6, 6.07) is 17.7. The Kier molecular flexibility index (Phi) is 5.74. The molecule has 1 aromatic heterocycles. The summed E-state index contributed by atoms with van der Waals surface area (Å²) < 4.78 is 5.71. The molecule has 0 spiro atoms. The number of halogens is 1. The first kappa shape index (κ1) is 18.7. The topological polar surface area (TPSA) is 59.1 Å². The first-order chi connectivity index (χ1) is 13.7. The fourth-order valence-electron chi connectivity index (χ4n) is 3.25. The normalized spacial score (nSPS) is 16.1. The molecule has 144 valence electrons. The van der Waals surface area contributed by atoms with Crippen LogP contribution in [0, 0.1) is 6.92 Å². The van der Waals surface area contributed by atoms with E-state index >= 15 is 0 Å². The van der Waals surface area contributed by atoms with Crippen molar-refractivity contribution in [3.8, 4) is 11.4 Å². The Morgan fingerprint density at radius 2 is 1.89 bits per heavy atom. The second kappa shape index (κ2) is 8.59. The zero-order valence-electron chi connectivity index (χ0n) is 15.8. The van der Waals surface area contributed by atoms with Crippen molar-refractivity contribution in [1.29, 1.82) is 0 Å². The van der Waals surface area contributed by atoms with E-state index in [-0.39, 0.29) is 6.10 Å². The fourth-order valence-corrected chi connectivity index (χ4v) is 3.47. The van der Waals surface area contributed by atoms with Gasteiger partial charge in [0.25, 0.3) is 0 Å². The number of hydrogen-bond acceptors (Lipinski definition) is 5. The highest BCUT2D eigenvalue weighted by molar-refractivity contribution is 6.30. The maximum Gasteiger partial charge on any atom is 0.163 e. The monoisotopic (exact) mass is 394 g/mol. The molecule has 28 heavy (non-hydrogen) atoms. The standard InChI is InChI=1S/C22H23ClN4O/c1-15-12-17(23)9-10-19(15)25-21-13-20(24-14-18-8-5-11-28-18)26-22(27-21)16-6-3-2-4-7-16/h2-4,6-7,9-10,12-13,18H,5,8,11,14H2,1H3,(H2,24,25,26,27). The molecule has 0 bridgehead atoms. The molecule has 3 aromatic rings. The van der Waals surface area contributed by atoms with Crippen LogP contribution in [0.1, 0.15) is 18.4 Å². The lowest BCUT2D eigenvalue weighted by Gasteiger charge is -2.15. The maximum atomic E-state index is 6.08. The van der Waals surface area contributed by atoms with Crippen LogP contribution in [-0.2, 0) is 4.74 Å². The molecule has 0 radical (unpaired) electrons. The van der Waals surface area contributed by atoms with Crippen molar-refractivity contribution in [3.05, 3.63) is 65.2 Å². The molecule has 4 rings (SSSR count). The van der Waals surface area contributed by atoms with Gasteiger partial charge in [-0.3, -0.25) is 0 Å². The van der Waals surface area contributed by atoms with Gasteiger partial charge in [-0.05, 0) is 43.5 Å². The Bertz CT molecular complexity index is 943. The van der Waals surface area contributed by atoms with E-state index in [0.717, 1.165) is 59.5 Å². The Labute approximate surface area is 170 Å². The number of rotatable bonds is 6. The van der Waals surface area contributed by atoms with Crippen LogP contribution in [0.5, 0.6) is 0 Å². The summed E-state index contributed by atoms with van der Waals surface area (Å²) in [5.41, 5.74) is 2.99. The summed E-state index contributed by atoms with van der Waals surface area (Å²) in [6.07, 6.45) is 2.44. The largest absolute Gasteiger partial charge is 0.376 e. The average molecular weight is 395 g/mol. The Balaban J connectivity index is 1.62. The third-order valence-corrected chi connectivity index (χ3v) is 4.98. The van der Waals surface area contributed by atoms with E-state index < -0.39 is 0 Å². The lowest BCUT2D eigenvalue weighted by molar-refractivity contribution is 0.120. The van der Waals surface area contributed by atoms with E-state index in [2.05, 4.69) is 10.6 Å². The first-order valence-electron chi connectivity index (χ1n) is 9.50.